The van der Waals surface area contributed by atoms with Crippen LogP contribution in [0.25, 0.3) is 10.4 Å². The lowest BCUT2D eigenvalue weighted by molar-refractivity contribution is -0.114. The highest BCUT2D eigenvalue weighted by Crippen LogP contribution is 2.30. The summed E-state index contributed by atoms with van der Waals surface area (Å²) in [5.41, 5.74) is 8.97. The van der Waals surface area contributed by atoms with E-state index in [1.807, 2.05) is 0 Å². The number of carbonyl (C=O) groups is 2. The molecule has 0 unspecified atom stereocenters. The van der Waals surface area contributed by atoms with E-state index in [0.29, 0.717) is 16.3 Å². The predicted octanol–water partition coefficient (Wildman–Crippen LogP) is 2.18. The minimum absolute atomic E-state index is 0.123. The lowest BCUT2D eigenvalue weighted by atomic mass is 10.1. The van der Waals surface area contributed by atoms with E-state index in [1.165, 1.54) is 11.0 Å². The van der Waals surface area contributed by atoms with Crippen LogP contribution in [-0.4, -0.2) is 24.8 Å². The predicted molar refractivity (Wildman–Crippen MR) is 62.1 cm³/mol. The number of halogens is 1. The number of anilines is 1. The molecule has 1 aliphatic rings. The molecule has 0 radical (unpaired) electrons. The van der Waals surface area contributed by atoms with E-state index in [4.69, 9.17) is 17.1 Å². The molecule has 1 aromatic rings. The van der Waals surface area contributed by atoms with Gasteiger partial charge in [-0.2, -0.15) is 0 Å². The van der Waals surface area contributed by atoms with Crippen LogP contribution in [0.5, 0.6) is 0 Å². The van der Waals surface area contributed by atoms with Crippen molar-refractivity contribution in [3.63, 3.8) is 0 Å². The zero-order chi connectivity index (χ0) is 12.4. The number of ketones is 1. The molecule has 1 heterocycles. The summed E-state index contributed by atoms with van der Waals surface area (Å²) in [6.45, 7) is 0.306. The quantitative estimate of drug-likeness (QED) is 0.356. The summed E-state index contributed by atoms with van der Waals surface area (Å²) < 4.78 is 0. The second-order valence-corrected chi connectivity index (χ2v) is 3.84. The fraction of sp³-hybridized carbons (Fsp3) is 0.200. The number of hydrogen-bond donors (Lipinski definition) is 0. The summed E-state index contributed by atoms with van der Waals surface area (Å²) in [6, 6.07) is 4.67. The van der Waals surface area contributed by atoms with Gasteiger partial charge in [0, 0.05) is 23.0 Å². The van der Waals surface area contributed by atoms with Crippen molar-refractivity contribution in [1.29, 1.82) is 0 Å². The molecule has 2 rings (SSSR count). The Morgan fingerprint density at radius 1 is 1.41 bits per heavy atom. The molecule has 1 aliphatic heterocycles. The number of hydrogen-bond acceptors (Lipinski definition) is 3. The largest absolute Gasteiger partial charge is 0.305 e. The standard InChI is InChI=1S/C10H7ClN4O2/c11-6-1-2-8-7(5-6)9(16)10(17)15(8)4-3-13-14-12/h1-2,5H,3-4H2. The van der Waals surface area contributed by atoms with Crippen LogP contribution in [0.15, 0.2) is 23.3 Å². The zero-order valence-corrected chi connectivity index (χ0v) is 9.39. The molecule has 6 nitrogen and oxygen atoms in total. The van der Waals surface area contributed by atoms with Crippen LogP contribution in [0.4, 0.5) is 5.69 Å². The van der Waals surface area contributed by atoms with Crippen molar-refractivity contribution in [3.05, 3.63) is 39.2 Å². The lowest BCUT2D eigenvalue weighted by Crippen LogP contribution is -2.31. The minimum Gasteiger partial charge on any atom is -0.305 e. The van der Waals surface area contributed by atoms with Gasteiger partial charge in [-0.05, 0) is 23.7 Å². The number of fused-ring (bicyclic) bond motifs is 1. The van der Waals surface area contributed by atoms with E-state index in [-0.39, 0.29) is 13.1 Å². The second kappa shape index (κ2) is 4.45. The molecule has 0 atom stereocenters. The third kappa shape index (κ3) is 1.95. The lowest BCUT2D eigenvalue weighted by Gasteiger charge is -2.14. The third-order valence-corrected chi connectivity index (χ3v) is 2.66. The second-order valence-electron chi connectivity index (χ2n) is 3.40. The minimum atomic E-state index is -0.615. The zero-order valence-electron chi connectivity index (χ0n) is 8.63. The molecule has 86 valence electrons. The van der Waals surface area contributed by atoms with E-state index in [2.05, 4.69) is 10.0 Å². The Balaban J connectivity index is 2.34. The molecular weight excluding hydrogens is 244 g/mol. The van der Waals surface area contributed by atoms with Crippen molar-refractivity contribution in [2.24, 2.45) is 5.11 Å². The van der Waals surface area contributed by atoms with Crippen LogP contribution in [0.3, 0.4) is 0 Å². The average Bonchev–Trinajstić information content (AvgIpc) is 2.54. The van der Waals surface area contributed by atoms with Crippen molar-refractivity contribution in [2.45, 2.75) is 0 Å². The third-order valence-electron chi connectivity index (χ3n) is 2.42. The Bertz CT molecular complexity index is 551. The van der Waals surface area contributed by atoms with Gasteiger partial charge in [0.25, 0.3) is 11.7 Å². The Kier molecular flexibility index (Phi) is 2.99. The maximum Gasteiger partial charge on any atom is 0.299 e. The molecule has 0 bridgehead atoms. The Hall–Kier alpha value is -2.04. The number of carbonyl (C=O) groups excluding carboxylic acids is 2. The smallest absolute Gasteiger partial charge is 0.299 e. The summed E-state index contributed by atoms with van der Waals surface area (Å²) >= 11 is 5.76. The van der Waals surface area contributed by atoms with Crippen LogP contribution in [0.1, 0.15) is 10.4 Å². The Morgan fingerprint density at radius 2 is 2.18 bits per heavy atom. The first-order valence-electron chi connectivity index (χ1n) is 4.81. The van der Waals surface area contributed by atoms with Crippen molar-refractivity contribution in [3.8, 4) is 0 Å². The molecule has 1 aromatic carbocycles. The van der Waals surface area contributed by atoms with E-state index < -0.39 is 11.7 Å². The van der Waals surface area contributed by atoms with Crippen molar-refractivity contribution < 1.29 is 9.59 Å². The van der Waals surface area contributed by atoms with Gasteiger partial charge in [0.05, 0.1) is 11.3 Å². The molecule has 1 amide bonds. The maximum absolute atomic E-state index is 11.7. The van der Waals surface area contributed by atoms with Crippen molar-refractivity contribution in [2.75, 3.05) is 18.0 Å². The Labute approximate surface area is 101 Å². The van der Waals surface area contributed by atoms with Gasteiger partial charge in [-0.25, -0.2) is 0 Å². The molecular formula is C10H7ClN4O2. The molecule has 7 heteroatoms. The number of Topliss-reactive ketones (excluding diaryl/α,β-unsaturated/α-hetero) is 1. The summed E-state index contributed by atoms with van der Waals surface area (Å²) in [5.74, 6) is -1.20. The first-order valence-corrected chi connectivity index (χ1v) is 5.19. The molecule has 0 aromatic heterocycles. The first-order chi connectivity index (χ1) is 8.15. The summed E-state index contributed by atoms with van der Waals surface area (Å²) in [4.78, 5) is 27.2. The number of amides is 1. The number of azide groups is 1. The van der Waals surface area contributed by atoms with Crippen LogP contribution in [-0.2, 0) is 4.79 Å². The van der Waals surface area contributed by atoms with Gasteiger partial charge in [0.1, 0.15) is 0 Å². The van der Waals surface area contributed by atoms with Crippen LogP contribution < -0.4 is 4.90 Å². The van der Waals surface area contributed by atoms with E-state index in [9.17, 15) is 9.59 Å². The number of benzene rings is 1. The van der Waals surface area contributed by atoms with Gasteiger partial charge in [0.15, 0.2) is 0 Å². The topological polar surface area (TPSA) is 86.1 Å². The molecule has 0 N–H and O–H groups in total. The molecule has 0 saturated heterocycles. The van der Waals surface area contributed by atoms with E-state index >= 15 is 0 Å². The highest BCUT2D eigenvalue weighted by molar-refractivity contribution is 6.52. The van der Waals surface area contributed by atoms with Crippen LogP contribution >= 0.6 is 11.6 Å². The van der Waals surface area contributed by atoms with Gasteiger partial charge in [-0.15, -0.1) is 0 Å². The normalized spacial score (nSPS) is 13.6. The van der Waals surface area contributed by atoms with Gasteiger partial charge < -0.3 is 4.90 Å². The van der Waals surface area contributed by atoms with Gasteiger partial charge >= 0.3 is 0 Å². The fourth-order valence-electron chi connectivity index (χ4n) is 1.68. The molecule has 17 heavy (non-hydrogen) atoms. The Morgan fingerprint density at radius 3 is 2.88 bits per heavy atom. The number of nitrogens with zero attached hydrogens (tertiary/aromatic N) is 4. The summed E-state index contributed by atoms with van der Waals surface area (Å²) in [6.07, 6.45) is 0. The van der Waals surface area contributed by atoms with Crippen LogP contribution in [0, 0.1) is 0 Å². The van der Waals surface area contributed by atoms with Crippen molar-refractivity contribution >= 4 is 29.0 Å². The maximum atomic E-state index is 11.7. The van der Waals surface area contributed by atoms with Gasteiger partial charge in [-0.3, -0.25) is 9.59 Å². The van der Waals surface area contributed by atoms with E-state index in [0.717, 1.165) is 0 Å². The highest BCUT2D eigenvalue weighted by atomic mass is 35.5. The van der Waals surface area contributed by atoms with Crippen molar-refractivity contribution in [1.82, 2.24) is 0 Å². The van der Waals surface area contributed by atoms with Gasteiger partial charge in [-0.1, -0.05) is 16.7 Å². The SMILES string of the molecule is [N-]=[N+]=NCCN1C(=O)C(=O)c2cc(Cl)ccc21. The average molecular weight is 251 g/mol. The monoisotopic (exact) mass is 250 g/mol. The summed E-state index contributed by atoms with van der Waals surface area (Å²) in [5, 5.41) is 3.74. The molecule has 0 aliphatic carbocycles. The first kappa shape index (κ1) is 11.4. The fourth-order valence-corrected chi connectivity index (χ4v) is 1.86. The summed E-state index contributed by atoms with van der Waals surface area (Å²) in [7, 11) is 0. The number of rotatable bonds is 3. The van der Waals surface area contributed by atoms with E-state index in [1.54, 1.807) is 12.1 Å². The van der Waals surface area contributed by atoms with Crippen LogP contribution in [0.2, 0.25) is 5.02 Å². The van der Waals surface area contributed by atoms with Gasteiger partial charge in [0.2, 0.25) is 0 Å². The molecule has 0 spiro atoms. The molecule has 0 fully saturated rings. The molecule has 0 saturated carbocycles. The highest BCUT2D eigenvalue weighted by Gasteiger charge is 2.35.